The molecule has 3 heterocycles. The van der Waals surface area contributed by atoms with Crippen LogP contribution in [0.3, 0.4) is 0 Å². The maximum atomic E-state index is 14.9. The Kier molecular flexibility index (Phi) is 6.77. The second-order valence-corrected chi connectivity index (χ2v) is 8.19. The molecule has 1 fully saturated rings. The van der Waals surface area contributed by atoms with Gasteiger partial charge in [0.25, 0.3) is 0 Å². The van der Waals surface area contributed by atoms with Gasteiger partial charge in [0.2, 0.25) is 11.8 Å². The number of nitrogen functional groups attached to an aromatic ring is 1. The van der Waals surface area contributed by atoms with Crippen LogP contribution in [0, 0.1) is 11.6 Å². The Balaban J connectivity index is 1.80. The molecule has 3 aromatic rings. The largest absolute Gasteiger partial charge is 0.494 e. The lowest BCUT2D eigenvalue weighted by atomic mass is 10.1. The van der Waals surface area contributed by atoms with Gasteiger partial charge in [-0.3, -0.25) is 14.3 Å². The molecule has 1 aliphatic heterocycles. The van der Waals surface area contributed by atoms with Crippen molar-refractivity contribution in [1.29, 1.82) is 0 Å². The van der Waals surface area contributed by atoms with Crippen molar-refractivity contribution in [2.75, 3.05) is 33.0 Å². The van der Waals surface area contributed by atoms with Gasteiger partial charge in [-0.15, -0.1) is 5.10 Å². The molecular formula is C24H25F2N5O5. The molecule has 4 rings (SSSR count). The minimum absolute atomic E-state index is 0.0254. The van der Waals surface area contributed by atoms with Crippen LogP contribution in [0.5, 0.6) is 17.4 Å². The number of Topliss-reactive ketones (excluding diaryl/α,β-unsaturated/α-hetero) is 1. The van der Waals surface area contributed by atoms with Gasteiger partial charge in [-0.05, 0) is 19.4 Å². The molecule has 190 valence electrons. The van der Waals surface area contributed by atoms with Crippen molar-refractivity contribution in [3.05, 3.63) is 47.7 Å². The van der Waals surface area contributed by atoms with Crippen molar-refractivity contribution >= 4 is 28.4 Å². The first-order valence-electron chi connectivity index (χ1n) is 11.0. The summed E-state index contributed by atoms with van der Waals surface area (Å²) in [6.45, 7) is 5.09. The second kappa shape index (κ2) is 9.80. The number of ketones is 1. The van der Waals surface area contributed by atoms with Crippen molar-refractivity contribution in [2.24, 2.45) is 0 Å². The normalized spacial score (nSPS) is 15.2. The fourth-order valence-electron chi connectivity index (χ4n) is 4.26. The van der Waals surface area contributed by atoms with Crippen LogP contribution in [-0.4, -0.2) is 58.7 Å². The van der Waals surface area contributed by atoms with Crippen LogP contribution in [0.2, 0.25) is 0 Å². The van der Waals surface area contributed by atoms with Crippen molar-refractivity contribution in [3.8, 4) is 17.4 Å². The average molecular weight is 501 g/mol. The summed E-state index contributed by atoms with van der Waals surface area (Å²) in [4.78, 5) is 30.2. The number of halogens is 2. The predicted octanol–water partition coefficient (Wildman–Crippen LogP) is 3.05. The summed E-state index contributed by atoms with van der Waals surface area (Å²) in [5.41, 5.74) is 6.31. The molecule has 2 aromatic heterocycles. The molecular weight excluding hydrogens is 476 g/mol. The number of hydrogen-bond donors (Lipinski definition) is 1. The SMILES string of the molecule is C=CC(=O)N1CC[C@H](n2nc(OCc3c(F)c(OC)cc(OC)c3F)c3c(N)ncc(C(C)=O)c32)C1. The van der Waals surface area contributed by atoms with Crippen LogP contribution in [0.1, 0.15) is 35.3 Å². The topological polar surface area (TPSA) is 122 Å². The summed E-state index contributed by atoms with van der Waals surface area (Å²) in [5, 5.41) is 4.73. The van der Waals surface area contributed by atoms with Crippen molar-refractivity contribution in [2.45, 2.75) is 26.0 Å². The summed E-state index contributed by atoms with van der Waals surface area (Å²) in [7, 11) is 2.49. The third kappa shape index (κ3) is 4.18. The number of rotatable bonds is 8. The van der Waals surface area contributed by atoms with E-state index in [9.17, 15) is 18.4 Å². The number of ether oxygens (including phenoxy) is 3. The maximum Gasteiger partial charge on any atom is 0.246 e. The molecule has 1 aliphatic rings. The summed E-state index contributed by atoms with van der Waals surface area (Å²) < 4.78 is 47.0. The zero-order valence-electron chi connectivity index (χ0n) is 20.0. The van der Waals surface area contributed by atoms with Crippen molar-refractivity contribution in [3.63, 3.8) is 0 Å². The van der Waals surface area contributed by atoms with Crippen LogP contribution in [-0.2, 0) is 11.4 Å². The third-order valence-corrected chi connectivity index (χ3v) is 6.11. The van der Waals surface area contributed by atoms with Gasteiger partial charge in [-0.1, -0.05) is 6.58 Å². The minimum atomic E-state index is -0.954. The molecule has 12 heteroatoms. The maximum absolute atomic E-state index is 14.9. The van der Waals surface area contributed by atoms with E-state index in [4.69, 9.17) is 19.9 Å². The number of nitrogens with zero attached hydrogens (tertiary/aromatic N) is 4. The summed E-state index contributed by atoms with van der Waals surface area (Å²) in [5.74, 6) is -2.90. The van der Waals surface area contributed by atoms with Crippen molar-refractivity contribution in [1.82, 2.24) is 19.7 Å². The number of hydrogen-bond acceptors (Lipinski definition) is 8. The van der Waals surface area contributed by atoms with Crippen LogP contribution < -0.4 is 19.9 Å². The molecule has 1 atom stereocenters. The molecule has 10 nitrogen and oxygen atoms in total. The van der Waals surface area contributed by atoms with Gasteiger partial charge in [0, 0.05) is 25.4 Å². The highest BCUT2D eigenvalue weighted by Gasteiger charge is 2.31. The lowest BCUT2D eigenvalue weighted by Crippen LogP contribution is -2.27. The molecule has 1 aromatic carbocycles. The number of anilines is 1. The van der Waals surface area contributed by atoms with E-state index >= 15 is 0 Å². The van der Waals surface area contributed by atoms with Gasteiger partial charge < -0.3 is 24.8 Å². The molecule has 2 N–H and O–H groups in total. The highest BCUT2D eigenvalue weighted by atomic mass is 19.1. The van der Waals surface area contributed by atoms with Gasteiger partial charge >= 0.3 is 0 Å². The zero-order valence-corrected chi connectivity index (χ0v) is 20.0. The molecule has 36 heavy (non-hydrogen) atoms. The Morgan fingerprint density at radius 1 is 1.25 bits per heavy atom. The Bertz CT molecular complexity index is 1340. The standard InChI is InChI=1S/C24H25F2N5O5/c1-5-18(33)30-7-6-13(10-30)31-22-14(12(2)32)9-28-23(27)19(22)24(29-31)36-11-15-20(25)16(34-3)8-17(35-4)21(15)26/h5,8-9,13H,1,6-7,10-11H2,2-4H3,(H2,27,28)/t13-/m0/s1. The average Bonchev–Trinajstić information content (AvgIpc) is 3.49. The quantitative estimate of drug-likeness (QED) is 0.369. The molecule has 0 unspecified atom stereocenters. The number of likely N-dealkylation sites (tertiary alicyclic amines) is 1. The van der Waals surface area contributed by atoms with E-state index in [-0.39, 0.29) is 51.9 Å². The summed E-state index contributed by atoms with van der Waals surface area (Å²) >= 11 is 0. The first-order chi connectivity index (χ1) is 17.2. The third-order valence-electron chi connectivity index (χ3n) is 6.11. The number of pyridine rings is 1. The molecule has 1 saturated heterocycles. The first kappa shape index (κ1) is 24.9. The van der Waals surface area contributed by atoms with Crippen molar-refractivity contribution < 1.29 is 32.6 Å². The molecule has 0 saturated carbocycles. The van der Waals surface area contributed by atoms with E-state index in [1.807, 2.05) is 0 Å². The molecule has 1 amide bonds. The predicted molar refractivity (Wildman–Crippen MR) is 126 cm³/mol. The Morgan fingerprint density at radius 2 is 1.92 bits per heavy atom. The van der Waals surface area contributed by atoms with Gasteiger partial charge in [-0.2, -0.15) is 0 Å². The van der Waals surface area contributed by atoms with Gasteiger partial charge in [0.15, 0.2) is 28.9 Å². The fraction of sp³-hybridized carbons (Fsp3) is 0.333. The van der Waals surface area contributed by atoms with E-state index in [0.717, 1.165) is 6.07 Å². The Morgan fingerprint density at radius 3 is 2.50 bits per heavy atom. The number of carbonyl (C=O) groups is 2. The van der Waals surface area contributed by atoms with Crippen LogP contribution in [0.25, 0.3) is 10.9 Å². The molecule has 0 radical (unpaired) electrons. The Labute approximate surface area is 205 Å². The fourth-order valence-corrected chi connectivity index (χ4v) is 4.26. The van der Waals surface area contributed by atoms with Crippen LogP contribution in [0.4, 0.5) is 14.6 Å². The number of carbonyl (C=O) groups excluding carboxylic acids is 2. The van der Waals surface area contributed by atoms with Gasteiger partial charge in [0.05, 0.1) is 36.9 Å². The molecule has 0 bridgehead atoms. The van der Waals surface area contributed by atoms with E-state index in [1.54, 1.807) is 9.58 Å². The van der Waals surface area contributed by atoms with E-state index in [1.165, 1.54) is 33.4 Å². The number of amides is 1. The van der Waals surface area contributed by atoms with Crippen LogP contribution in [0.15, 0.2) is 24.9 Å². The Hall–Kier alpha value is -4.22. The number of benzene rings is 1. The molecule has 0 aliphatic carbocycles. The zero-order chi connectivity index (χ0) is 26.1. The minimum Gasteiger partial charge on any atom is -0.494 e. The van der Waals surface area contributed by atoms with E-state index < -0.39 is 23.8 Å². The lowest BCUT2D eigenvalue weighted by molar-refractivity contribution is -0.125. The summed E-state index contributed by atoms with van der Waals surface area (Å²) in [6, 6.07) is 0.787. The monoisotopic (exact) mass is 501 g/mol. The lowest BCUT2D eigenvalue weighted by Gasteiger charge is -2.15. The summed E-state index contributed by atoms with van der Waals surface area (Å²) in [6.07, 6.45) is 3.12. The van der Waals surface area contributed by atoms with E-state index in [0.29, 0.717) is 25.0 Å². The first-order valence-corrected chi connectivity index (χ1v) is 11.0. The van der Waals surface area contributed by atoms with Gasteiger partial charge in [-0.25, -0.2) is 13.8 Å². The van der Waals surface area contributed by atoms with Gasteiger partial charge in [0.1, 0.15) is 17.8 Å². The van der Waals surface area contributed by atoms with Crippen LogP contribution >= 0.6 is 0 Å². The number of aromatic nitrogens is 3. The second-order valence-electron chi connectivity index (χ2n) is 8.19. The van der Waals surface area contributed by atoms with E-state index in [2.05, 4.69) is 16.7 Å². The smallest absolute Gasteiger partial charge is 0.246 e. The number of fused-ring (bicyclic) bond motifs is 1. The molecule has 0 spiro atoms. The number of methoxy groups -OCH3 is 2. The number of nitrogens with two attached hydrogens (primary N) is 1. The highest BCUT2D eigenvalue weighted by molar-refractivity contribution is 6.09. The highest BCUT2D eigenvalue weighted by Crippen LogP contribution is 2.37.